The Kier molecular flexibility index (Phi) is 6.08. The molecule has 0 fully saturated rings. The van der Waals surface area contributed by atoms with Crippen LogP contribution in [0.15, 0.2) is 18.2 Å². The summed E-state index contributed by atoms with van der Waals surface area (Å²) in [5.41, 5.74) is 0.354. The molecule has 104 valence electrons. The molecule has 0 saturated carbocycles. The SMILES string of the molecule is CC[NH2+][C@@H](CC(=O)Nc1cccc(Cl)c1Cl)C(=O)[O-]. The lowest BCUT2D eigenvalue weighted by molar-refractivity contribution is -0.679. The number of carboxylic acid groups (broad SMARTS) is 1. The monoisotopic (exact) mass is 304 g/mol. The number of carbonyl (C=O) groups is 2. The highest BCUT2D eigenvalue weighted by Crippen LogP contribution is 2.29. The minimum Gasteiger partial charge on any atom is -0.544 e. The maximum Gasteiger partial charge on any atom is 0.230 e. The molecule has 0 radical (unpaired) electrons. The average molecular weight is 305 g/mol. The van der Waals surface area contributed by atoms with Gasteiger partial charge in [-0.15, -0.1) is 0 Å². The van der Waals surface area contributed by atoms with Crippen molar-refractivity contribution < 1.29 is 20.0 Å². The van der Waals surface area contributed by atoms with Gasteiger partial charge in [-0.25, -0.2) is 0 Å². The summed E-state index contributed by atoms with van der Waals surface area (Å²) in [6.07, 6.45) is -0.195. The van der Waals surface area contributed by atoms with Crippen molar-refractivity contribution in [2.45, 2.75) is 19.4 Å². The van der Waals surface area contributed by atoms with Gasteiger partial charge in [-0.3, -0.25) is 4.79 Å². The van der Waals surface area contributed by atoms with Crippen LogP contribution in [-0.2, 0) is 9.59 Å². The van der Waals surface area contributed by atoms with Crippen molar-refractivity contribution in [2.75, 3.05) is 11.9 Å². The van der Waals surface area contributed by atoms with Crippen LogP contribution in [0.3, 0.4) is 0 Å². The van der Waals surface area contributed by atoms with E-state index in [-0.39, 0.29) is 11.4 Å². The molecule has 0 spiro atoms. The number of halogens is 2. The molecule has 5 nitrogen and oxygen atoms in total. The first-order chi connectivity index (χ1) is 8.95. The molecule has 0 aliphatic rings. The Hall–Kier alpha value is -1.30. The van der Waals surface area contributed by atoms with Gasteiger partial charge in [-0.2, -0.15) is 0 Å². The molecular formula is C12H14Cl2N2O3. The van der Waals surface area contributed by atoms with E-state index in [0.29, 0.717) is 17.3 Å². The summed E-state index contributed by atoms with van der Waals surface area (Å²) >= 11 is 11.7. The number of aliphatic carboxylic acids is 1. The van der Waals surface area contributed by atoms with Gasteiger partial charge in [0.1, 0.15) is 6.04 Å². The third-order valence-corrected chi connectivity index (χ3v) is 3.27. The van der Waals surface area contributed by atoms with Crippen molar-refractivity contribution in [3.8, 4) is 0 Å². The Labute approximate surface area is 120 Å². The van der Waals surface area contributed by atoms with Gasteiger partial charge in [0.25, 0.3) is 0 Å². The van der Waals surface area contributed by atoms with Crippen LogP contribution in [0.1, 0.15) is 13.3 Å². The zero-order chi connectivity index (χ0) is 14.4. The van der Waals surface area contributed by atoms with E-state index in [1.807, 2.05) is 0 Å². The van der Waals surface area contributed by atoms with Gasteiger partial charge in [0.15, 0.2) is 0 Å². The number of carboxylic acids is 1. The molecule has 0 heterocycles. The van der Waals surface area contributed by atoms with Gasteiger partial charge in [-0.1, -0.05) is 29.3 Å². The number of benzene rings is 1. The second-order valence-electron chi connectivity index (χ2n) is 3.92. The number of anilines is 1. The second-order valence-corrected chi connectivity index (χ2v) is 4.71. The Balaban J connectivity index is 2.69. The van der Waals surface area contributed by atoms with Crippen molar-refractivity contribution in [1.82, 2.24) is 0 Å². The van der Waals surface area contributed by atoms with Crippen molar-refractivity contribution in [2.24, 2.45) is 0 Å². The smallest absolute Gasteiger partial charge is 0.230 e. The van der Waals surface area contributed by atoms with Crippen LogP contribution in [0.5, 0.6) is 0 Å². The summed E-state index contributed by atoms with van der Waals surface area (Å²) in [6.45, 7) is 2.34. The first kappa shape index (κ1) is 15.8. The van der Waals surface area contributed by atoms with Crippen molar-refractivity contribution in [1.29, 1.82) is 0 Å². The maximum absolute atomic E-state index is 11.7. The molecule has 19 heavy (non-hydrogen) atoms. The fraction of sp³-hybridized carbons (Fsp3) is 0.333. The fourth-order valence-corrected chi connectivity index (χ4v) is 1.90. The van der Waals surface area contributed by atoms with Gasteiger partial charge in [0.2, 0.25) is 5.91 Å². The summed E-state index contributed by atoms with van der Waals surface area (Å²) < 4.78 is 0. The van der Waals surface area contributed by atoms with E-state index in [0.717, 1.165) is 0 Å². The number of hydrogen-bond acceptors (Lipinski definition) is 3. The number of hydrogen-bond donors (Lipinski definition) is 2. The number of carbonyl (C=O) groups excluding carboxylic acids is 2. The Bertz CT molecular complexity index is 480. The van der Waals surface area contributed by atoms with Crippen LogP contribution in [0.2, 0.25) is 10.0 Å². The molecule has 1 amide bonds. The highest BCUT2D eigenvalue weighted by Gasteiger charge is 2.18. The van der Waals surface area contributed by atoms with Crippen molar-refractivity contribution in [3.63, 3.8) is 0 Å². The highest BCUT2D eigenvalue weighted by molar-refractivity contribution is 6.43. The normalized spacial score (nSPS) is 11.9. The van der Waals surface area contributed by atoms with E-state index in [1.165, 1.54) is 5.32 Å². The van der Waals surface area contributed by atoms with Crippen molar-refractivity contribution >= 4 is 40.8 Å². The van der Waals surface area contributed by atoms with Crippen LogP contribution < -0.4 is 15.7 Å². The quantitative estimate of drug-likeness (QED) is 0.777. The standard InChI is InChI=1S/C12H14Cl2N2O3/c1-2-15-9(12(18)19)6-10(17)16-8-5-3-4-7(13)11(8)14/h3-5,9,15H,2,6H2,1H3,(H,16,17)(H,18,19)/t9-/m0/s1. The number of nitrogens with two attached hydrogens (primary N) is 1. The predicted octanol–water partition coefficient (Wildman–Crippen LogP) is 0.0238. The topological polar surface area (TPSA) is 85.8 Å². The first-order valence-corrected chi connectivity index (χ1v) is 6.49. The van der Waals surface area contributed by atoms with Crippen LogP contribution in [-0.4, -0.2) is 24.5 Å². The zero-order valence-electron chi connectivity index (χ0n) is 10.3. The number of likely N-dealkylation sites (N-methyl/N-ethyl adjacent to an activating group) is 1. The second kappa shape index (κ2) is 7.33. The van der Waals surface area contributed by atoms with Crippen LogP contribution in [0.4, 0.5) is 5.69 Å². The Morgan fingerprint density at radius 1 is 1.42 bits per heavy atom. The lowest BCUT2D eigenvalue weighted by atomic mass is 10.2. The summed E-state index contributed by atoms with van der Waals surface area (Å²) in [4.78, 5) is 22.6. The van der Waals surface area contributed by atoms with E-state index in [9.17, 15) is 14.7 Å². The van der Waals surface area contributed by atoms with E-state index in [2.05, 4.69) is 5.32 Å². The third kappa shape index (κ3) is 4.70. The zero-order valence-corrected chi connectivity index (χ0v) is 11.8. The summed E-state index contributed by atoms with van der Waals surface area (Å²) in [6, 6.07) is 3.90. The number of rotatable bonds is 6. The largest absolute Gasteiger partial charge is 0.544 e. The third-order valence-electron chi connectivity index (χ3n) is 2.45. The predicted molar refractivity (Wildman–Crippen MR) is 71.0 cm³/mol. The Morgan fingerprint density at radius 3 is 2.68 bits per heavy atom. The van der Waals surface area contributed by atoms with Crippen LogP contribution in [0.25, 0.3) is 0 Å². The van der Waals surface area contributed by atoms with E-state index in [4.69, 9.17) is 23.2 Å². The molecule has 1 aromatic carbocycles. The molecule has 0 unspecified atom stereocenters. The van der Waals surface area contributed by atoms with Gasteiger partial charge in [0.05, 0.1) is 34.7 Å². The minimum atomic E-state index is -1.27. The average Bonchev–Trinajstić information content (AvgIpc) is 2.34. The van der Waals surface area contributed by atoms with Gasteiger partial charge < -0.3 is 20.5 Å². The lowest BCUT2D eigenvalue weighted by Crippen LogP contribution is -2.93. The molecule has 1 atom stereocenters. The summed E-state index contributed by atoms with van der Waals surface area (Å²) in [5.74, 6) is -1.72. The fourth-order valence-electron chi connectivity index (χ4n) is 1.55. The van der Waals surface area contributed by atoms with E-state index >= 15 is 0 Å². The molecular weight excluding hydrogens is 291 g/mol. The number of amides is 1. The summed E-state index contributed by atoms with van der Waals surface area (Å²) in [5, 5.41) is 15.4. The molecule has 1 rings (SSSR count). The van der Waals surface area contributed by atoms with Gasteiger partial charge in [0, 0.05) is 0 Å². The number of nitrogens with one attached hydrogen (secondary N) is 1. The maximum atomic E-state index is 11.7. The molecule has 0 bridgehead atoms. The van der Waals surface area contributed by atoms with E-state index in [1.54, 1.807) is 25.1 Å². The molecule has 0 aliphatic heterocycles. The van der Waals surface area contributed by atoms with Gasteiger partial charge >= 0.3 is 0 Å². The first-order valence-electron chi connectivity index (χ1n) is 5.73. The Morgan fingerprint density at radius 2 is 2.11 bits per heavy atom. The molecule has 0 aliphatic carbocycles. The van der Waals surface area contributed by atoms with Gasteiger partial charge in [-0.05, 0) is 19.1 Å². The van der Waals surface area contributed by atoms with Crippen molar-refractivity contribution in [3.05, 3.63) is 28.2 Å². The minimum absolute atomic E-state index is 0.195. The lowest BCUT2D eigenvalue weighted by Gasteiger charge is -2.15. The van der Waals surface area contributed by atoms with Crippen LogP contribution in [0, 0.1) is 0 Å². The molecule has 7 heteroatoms. The summed E-state index contributed by atoms with van der Waals surface area (Å²) in [7, 11) is 0. The molecule has 3 N–H and O–H groups in total. The molecule has 0 aromatic heterocycles. The number of quaternary nitrogens is 1. The molecule has 0 saturated heterocycles. The van der Waals surface area contributed by atoms with E-state index < -0.39 is 17.9 Å². The molecule has 1 aromatic rings. The highest BCUT2D eigenvalue weighted by atomic mass is 35.5. The van der Waals surface area contributed by atoms with Crippen LogP contribution >= 0.6 is 23.2 Å².